The number of nitrogens with two attached hydrogens (primary N) is 1. The highest BCUT2D eigenvalue weighted by molar-refractivity contribution is 5.30. The molecular formula is C14H22N2O2. The highest BCUT2D eigenvalue weighted by atomic mass is 16.7. The first-order chi connectivity index (χ1) is 8.77. The van der Waals surface area contributed by atoms with Gasteiger partial charge in [-0.2, -0.15) is 0 Å². The first kappa shape index (κ1) is 13.5. The van der Waals surface area contributed by atoms with Crippen LogP contribution in [-0.4, -0.2) is 30.5 Å². The Morgan fingerprint density at radius 1 is 1.39 bits per heavy atom. The van der Waals surface area contributed by atoms with E-state index in [0.717, 1.165) is 18.5 Å². The van der Waals surface area contributed by atoms with E-state index in [0.29, 0.717) is 13.2 Å². The van der Waals surface area contributed by atoms with Crippen LogP contribution in [0.4, 0.5) is 0 Å². The number of rotatable bonds is 6. The molecule has 18 heavy (non-hydrogen) atoms. The van der Waals surface area contributed by atoms with Gasteiger partial charge in [0.15, 0.2) is 6.29 Å². The molecule has 0 bridgehead atoms. The number of aryl methyl sites for hydroxylation is 1. The number of ether oxygens (including phenoxy) is 2. The van der Waals surface area contributed by atoms with Crippen LogP contribution in [0.5, 0.6) is 0 Å². The molecule has 4 heteroatoms. The molecule has 0 spiro atoms. The lowest BCUT2D eigenvalue weighted by molar-refractivity contribution is -0.151. The summed E-state index contributed by atoms with van der Waals surface area (Å²) < 4.78 is 11.2. The maximum atomic E-state index is 6.32. The van der Waals surface area contributed by atoms with Crippen molar-refractivity contribution in [1.29, 1.82) is 0 Å². The molecule has 2 N–H and O–H groups in total. The van der Waals surface area contributed by atoms with Crippen LogP contribution < -0.4 is 5.73 Å². The van der Waals surface area contributed by atoms with Gasteiger partial charge in [-0.3, -0.25) is 4.98 Å². The van der Waals surface area contributed by atoms with Crippen molar-refractivity contribution >= 4 is 0 Å². The van der Waals surface area contributed by atoms with Crippen molar-refractivity contribution in [3.8, 4) is 0 Å². The van der Waals surface area contributed by atoms with Crippen LogP contribution in [0, 0.1) is 0 Å². The molecule has 4 nitrogen and oxygen atoms in total. The average Bonchev–Trinajstić information content (AvgIpc) is 2.81. The van der Waals surface area contributed by atoms with E-state index in [2.05, 4.69) is 11.1 Å². The topological polar surface area (TPSA) is 57.4 Å². The van der Waals surface area contributed by atoms with Gasteiger partial charge in [0, 0.05) is 31.0 Å². The molecule has 0 fully saturated rings. The maximum absolute atomic E-state index is 6.32. The van der Waals surface area contributed by atoms with Gasteiger partial charge in [0.1, 0.15) is 0 Å². The Hall–Kier alpha value is -0.970. The number of aromatic nitrogens is 1. The highest BCUT2D eigenvalue weighted by Gasteiger charge is 2.34. The monoisotopic (exact) mass is 250 g/mol. The molecule has 1 heterocycles. The predicted octanol–water partition coefficient (Wildman–Crippen LogP) is 1.84. The third-order valence-corrected chi connectivity index (χ3v) is 3.44. The Kier molecular flexibility index (Phi) is 4.69. The van der Waals surface area contributed by atoms with E-state index in [1.165, 1.54) is 5.56 Å². The summed E-state index contributed by atoms with van der Waals surface area (Å²) in [5, 5.41) is 0. The van der Waals surface area contributed by atoms with Crippen molar-refractivity contribution in [2.75, 3.05) is 13.2 Å². The largest absolute Gasteiger partial charge is 0.351 e. The van der Waals surface area contributed by atoms with Gasteiger partial charge in [-0.25, -0.2) is 0 Å². The molecule has 2 atom stereocenters. The maximum Gasteiger partial charge on any atom is 0.173 e. The van der Waals surface area contributed by atoms with Crippen LogP contribution in [0.25, 0.3) is 0 Å². The van der Waals surface area contributed by atoms with E-state index >= 15 is 0 Å². The zero-order valence-electron chi connectivity index (χ0n) is 11.1. The summed E-state index contributed by atoms with van der Waals surface area (Å²) in [7, 11) is 0. The second-order valence-corrected chi connectivity index (χ2v) is 4.55. The number of nitrogens with zero attached hydrogens (tertiary/aromatic N) is 1. The molecule has 1 aromatic rings. The normalized spacial score (nSPS) is 20.1. The first-order valence-electron chi connectivity index (χ1n) is 6.70. The molecule has 1 aliphatic carbocycles. The lowest BCUT2D eigenvalue weighted by Crippen LogP contribution is -2.43. The van der Waals surface area contributed by atoms with Crippen LogP contribution in [0.3, 0.4) is 0 Å². The Bertz CT molecular complexity index is 378. The van der Waals surface area contributed by atoms with Crippen LogP contribution in [0.2, 0.25) is 0 Å². The molecule has 1 aliphatic rings. The minimum Gasteiger partial charge on any atom is -0.351 e. The SMILES string of the molecule is CCOC(OCC)C(N)C1CCc2cccnc21. The molecule has 0 saturated carbocycles. The van der Waals surface area contributed by atoms with Crippen LogP contribution >= 0.6 is 0 Å². The molecule has 0 saturated heterocycles. The van der Waals surface area contributed by atoms with Gasteiger partial charge in [-0.15, -0.1) is 0 Å². The van der Waals surface area contributed by atoms with Crippen molar-refractivity contribution in [2.24, 2.45) is 5.73 Å². The smallest absolute Gasteiger partial charge is 0.173 e. The van der Waals surface area contributed by atoms with Gasteiger partial charge < -0.3 is 15.2 Å². The summed E-state index contributed by atoms with van der Waals surface area (Å²) in [6.07, 6.45) is 3.58. The van der Waals surface area contributed by atoms with Crippen LogP contribution in [0.15, 0.2) is 18.3 Å². The molecule has 0 amide bonds. The third-order valence-electron chi connectivity index (χ3n) is 3.44. The van der Waals surface area contributed by atoms with Crippen molar-refractivity contribution in [2.45, 2.75) is 44.9 Å². The summed E-state index contributed by atoms with van der Waals surface area (Å²) in [5.41, 5.74) is 8.75. The predicted molar refractivity (Wildman–Crippen MR) is 70.3 cm³/mol. The van der Waals surface area contributed by atoms with E-state index in [-0.39, 0.29) is 18.2 Å². The van der Waals surface area contributed by atoms with Crippen LogP contribution in [-0.2, 0) is 15.9 Å². The summed E-state index contributed by atoms with van der Waals surface area (Å²) in [4.78, 5) is 4.47. The van der Waals surface area contributed by atoms with Crippen LogP contribution in [0.1, 0.15) is 37.4 Å². The summed E-state index contributed by atoms with van der Waals surface area (Å²) in [5.74, 6) is 0.240. The zero-order valence-corrected chi connectivity index (χ0v) is 11.1. The molecule has 1 aromatic heterocycles. The number of pyridine rings is 1. The fraction of sp³-hybridized carbons (Fsp3) is 0.643. The Morgan fingerprint density at radius 3 is 2.78 bits per heavy atom. The molecular weight excluding hydrogens is 228 g/mol. The van der Waals surface area contributed by atoms with Gasteiger partial charge in [-0.05, 0) is 38.3 Å². The van der Waals surface area contributed by atoms with Gasteiger partial charge in [-0.1, -0.05) is 6.07 Å². The minimum absolute atomic E-state index is 0.152. The number of hydrogen-bond acceptors (Lipinski definition) is 4. The quantitative estimate of drug-likeness (QED) is 0.783. The Morgan fingerprint density at radius 2 is 2.11 bits per heavy atom. The Balaban J connectivity index is 2.11. The van der Waals surface area contributed by atoms with Gasteiger partial charge in [0.05, 0.1) is 6.04 Å². The molecule has 0 radical (unpaired) electrons. The van der Waals surface area contributed by atoms with E-state index in [4.69, 9.17) is 15.2 Å². The summed E-state index contributed by atoms with van der Waals surface area (Å²) in [6.45, 7) is 5.14. The standard InChI is InChI=1S/C14H22N2O2/c1-3-17-14(18-4-2)12(15)11-8-7-10-6-5-9-16-13(10)11/h5-6,9,11-12,14H,3-4,7-8,15H2,1-2H3. The third kappa shape index (κ3) is 2.71. The molecule has 0 aliphatic heterocycles. The van der Waals surface area contributed by atoms with E-state index in [9.17, 15) is 0 Å². The molecule has 2 unspecified atom stereocenters. The summed E-state index contributed by atoms with van der Waals surface area (Å²) in [6, 6.07) is 3.96. The van der Waals surface area contributed by atoms with E-state index < -0.39 is 0 Å². The van der Waals surface area contributed by atoms with E-state index in [1.807, 2.05) is 26.1 Å². The number of fused-ring (bicyclic) bond motifs is 1. The Labute approximate surface area is 108 Å². The second kappa shape index (κ2) is 6.27. The molecule has 2 rings (SSSR count). The lowest BCUT2D eigenvalue weighted by atomic mass is 9.97. The van der Waals surface area contributed by atoms with Crippen molar-refractivity contribution in [1.82, 2.24) is 4.98 Å². The number of hydrogen-bond donors (Lipinski definition) is 1. The van der Waals surface area contributed by atoms with Gasteiger partial charge in [0.25, 0.3) is 0 Å². The fourth-order valence-electron chi connectivity index (χ4n) is 2.61. The van der Waals surface area contributed by atoms with Crippen molar-refractivity contribution in [3.05, 3.63) is 29.6 Å². The second-order valence-electron chi connectivity index (χ2n) is 4.55. The van der Waals surface area contributed by atoms with Gasteiger partial charge >= 0.3 is 0 Å². The average molecular weight is 250 g/mol. The molecule has 0 aromatic carbocycles. The van der Waals surface area contributed by atoms with Gasteiger partial charge in [0.2, 0.25) is 0 Å². The fourth-order valence-corrected chi connectivity index (χ4v) is 2.61. The minimum atomic E-state index is -0.335. The molecule has 100 valence electrons. The summed E-state index contributed by atoms with van der Waals surface area (Å²) >= 11 is 0. The van der Waals surface area contributed by atoms with Crippen molar-refractivity contribution < 1.29 is 9.47 Å². The lowest BCUT2D eigenvalue weighted by Gasteiger charge is -2.28. The highest BCUT2D eigenvalue weighted by Crippen LogP contribution is 2.34. The first-order valence-corrected chi connectivity index (χ1v) is 6.70. The van der Waals surface area contributed by atoms with E-state index in [1.54, 1.807) is 0 Å². The zero-order chi connectivity index (χ0) is 13.0. The van der Waals surface area contributed by atoms with Crippen molar-refractivity contribution in [3.63, 3.8) is 0 Å².